The molecule has 2 aliphatic rings. The Morgan fingerprint density at radius 2 is 2.26 bits per heavy atom. The van der Waals surface area contributed by atoms with Gasteiger partial charge in [0.05, 0.1) is 6.61 Å². The first-order valence-electron chi connectivity index (χ1n) is 7.88. The highest BCUT2D eigenvalue weighted by Gasteiger charge is 2.30. The van der Waals surface area contributed by atoms with Crippen LogP contribution in [-0.4, -0.2) is 25.7 Å². The molecule has 23 heavy (non-hydrogen) atoms. The topological polar surface area (TPSA) is 67.6 Å². The quantitative estimate of drug-likeness (QED) is 0.641. The number of esters is 1. The minimum atomic E-state index is -0.266. The molecule has 0 fully saturated rings. The zero-order valence-corrected chi connectivity index (χ0v) is 14.4. The van der Waals surface area contributed by atoms with Gasteiger partial charge in [-0.05, 0) is 43.9 Å². The lowest BCUT2D eigenvalue weighted by atomic mass is 9.94. The summed E-state index contributed by atoms with van der Waals surface area (Å²) in [6.45, 7) is 2.25. The van der Waals surface area contributed by atoms with E-state index in [0.717, 1.165) is 42.9 Å². The number of nitrogens with one attached hydrogen (secondary N) is 1. The van der Waals surface area contributed by atoms with Crippen LogP contribution < -0.4 is 16.0 Å². The Bertz CT molecular complexity index is 630. The molecule has 0 spiro atoms. The highest BCUT2D eigenvalue weighted by atomic mass is 35.5. The van der Waals surface area contributed by atoms with Crippen molar-refractivity contribution in [3.05, 3.63) is 35.2 Å². The Balaban J connectivity index is 0.00000192. The van der Waals surface area contributed by atoms with Gasteiger partial charge in [-0.25, -0.2) is 4.79 Å². The molecule has 3 N–H and O–H groups in total. The van der Waals surface area contributed by atoms with Crippen LogP contribution in [0.3, 0.4) is 0 Å². The zero-order valence-electron chi connectivity index (χ0n) is 13.6. The van der Waals surface area contributed by atoms with Crippen molar-refractivity contribution in [1.29, 1.82) is 0 Å². The van der Waals surface area contributed by atoms with E-state index < -0.39 is 0 Å². The van der Waals surface area contributed by atoms with Crippen LogP contribution in [0.5, 0.6) is 0 Å². The fraction of sp³-hybridized carbons (Fsp3) is 0.471. The van der Waals surface area contributed by atoms with Crippen molar-refractivity contribution in [3.63, 3.8) is 0 Å². The number of rotatable bonds is 2. The van der Waals surface area contributed by atoms with E-state index in [4.69, 9.17) is 10.5 Å². The van der Waals surface area contributed by atoms with Gasteiger partial charge in [-0.1, -0.05) is 6.07 Å². The number of hydrogen-bond acceptors (Lipinski definition) is 5. The highest BCUT2D eigenvalue weighted by Crippen LogP contribution is 2.37. The Morgan fingerprint density at radius 3 is 3.00 bits per heavy atom. The van der Waals surface area contributed by atoms with Crippen LogP contribution in [-0.2, 0) is 16.0 Å². The average molecular weight is 338 g/mol. The minimum Gasteiger partial charge on any atom is -0.464 e. The maximum Gasteiger partial charge on any atom is 0.328 e. The number of anilines is 2. The van der Waals surface area contributed by atoms with Gasteiger partial charge in [0.1, 0.15) is 11.9 Å². The third-order valence-electron chi connectivity index (χ3n) is 4.46. The van der Waals surface area contributed by atoms with Gasteiger partial charge in [0.25, 0.3) is 0 Å². The number of carbonyl (C=O) groups is 1. The molecule has 2 heterocycles. The first-order chi connectivity index (χ1) is 10.6. The van der Waals surface area contributed by atoms with Gasteiger partial charge in [-0.2, -0.15) is 0 Å². The van der Waals surface area contributed by atoms with Crippen molar-refractivity contribution in [3.8, 4) is 0 Å². The van der Waals surface area contributed by atoms with Gasteiger partial charge in [-0.15, -0.1) is 12.4 Å². The Kier molecular flexibility index (Phi) is 5.42. The fourth-order valence-electron chi connectivity index (χ4n) is 3.34. The van der Waals surface area contributed by atoms with Crippen molar-refractivity contribution in [2.75, 3.05) is 24.3 Å². The lowest BCUT2D eigenvalue weighted by molar-refractivity contribution is -0.145. The van der Waals surface area contributed by atoms with E-state index in [-0.39, 0.29) is 24.4 Å². The van der Waals surface area contributed by atoms with Crippen molar-refractivity contribution in [1.82, 2.24) is 5.32 Å². The second-order valence-corrected chi connectivity index (χ2v) is 5.87. The van der Waals surface area contributed by atoms with Crippen LogP contribution in [0.2, 0.25) is 0 Å². The standard InChI is InChI=1S/C17H23N3O2.ClH/c1-3-22-17(21)14-8-4-6-11-10-12-13(18)7-5-9-15(12)20(2)16(11)19-14;/h5,7,9,14,19H,3-4,6,8,10,18H2,1-2H3;1H. The Labute approximate surface area is 143 Å². The van der Waals surface area contributed by atoms with Crippen molar-refractivity contribution < 1.29 is 9.53 Å². The van der Waals surface area contributed by atoms with Gasteiger partial charge in [0.15, 0.2) is 0 Å². The summed E-state index contributed by atoms with van der Waals surface area (Å²) in [6, 6.07) is 5.72. The van der Waals surface area contributed by atoms with Crippen molar-refractivity contribution >= 4 is 29.8 Å². The van der Waals surface area contributed by atoms with E-state index in [1.165, 1.54) is 11.1 Å². The molecule has 1 aromatic rings. The third-order valence-corrected chi connectivity index (χ3v) is 4.46. The molecule has 0 aromatic heterocycles. The molecule has 6 heteroatoms. The maximum absolute atomic E-state index is 12.1. The van der Waals surface area contributed by atoms with E-state index in [1.807, 2.05) is 26.1 Å². The molecule has 5 nitrogen and oxygen atoms in total. The van der Waals surface area contributed by atoms with Crippen LogP contribution in [0, 0.1) is 0 Å². The number of benzene rings is 1. The summed E-state index contributed by atoms with van der Waals surface area (Å²) < 4.78 is 5.18. The number of nitrogen functional groups attached to an aromatic ring is 1. The van der Waals surface area contributed by atoms with E-state index in [2.05, 4.69) is 16.3 Å². The van der Waals surface area contributed by atoms with Gasteiger partial charge in [-0.3, -0.25) is 0 Å². The zero-order chi connectivity index (χ0) is 15.7. The third kappa shape index (κ3) is 3.24. The maximum atomic E-state index is 12.1. The number of halogens is 1. The summed E-state index contributed by atoms with van der Waals surface area (Å²) >= 11 is 0. The van der Waals surface area contributed by atoms with Crippen LogP contribution in [0.4, 0.5) is 11.4 Å². The molecule has 0 saturated carbocycles. The number of nitrogens with zero attached hydrogens (tertiary/aromatic N) is 1. The lowest BCUT2D eigenvalue weighted by Crippen LogP contribution is -2.42. The average Bonchev–Trinajstić information content (AvgIpc) is 2.72. The summed E-state index contributed by atoms with van der Waals surface area (Å²) in [4.78, 5) is 14.2. The second-order valence-electron chi connectivity index (χ2n) is 5.87. The first kappa shape index (κ1) is 17.5. The van der Waals surface area contributed by atoms with Crippen molar-refractivity contribution in [2.45, 2.75) is 38.6 Å². The molecule has 0 radical (unpaired) electrons. The number of fused-ring (bicyclic) bond motifs is 1. The van der Waals surface area contributed by atoms with Crippen LogP contribution in [0.25, 0.3) is 0 Å². The molecule has 0 amide bonds. The van der Waals surface area contributed by atoms with E-state index in [0.29, 0.717) is 6.61 Å². The summed E-state index contributed by atoms with van der Waals surface area (Å²) in [5.74, 6) is 0.872. The molecule has 126 valence electrons. The molecule has 2 aliphatic heterocycles. The van der Waals surface area contributed by atoms with Gasteiger partial charge in [0, 0.05) is 30.4 Å². The number of allylic oxidation sites excluding steroid dienone is 1. The first-order valence-corrected chi connectivity index (χ1v) is 7.88. The number of nitrogens with two attached hydrogens (primary N) is 1. The molecular weight excluding hydrogens is 314 g/mol. The molecule has 1 unspecified atom stereocenters. The summed E-state index contributed by atoms with van der Waals surface area (Å²) in [5, 5.41) is 3.40. The molecule has 3 rings (SSSR count). The monoisotopic (exact) mass is 337 g/mol. The molecule has 0 bridgehead atoms. The predicted octanol–water partition coefficient (Wildman–Crippen LogP) is 2.60. The minimum absolute atomic E-state index is 0. The van der Waals surface area contributed by atoms with Crippen LogP contribution in [0.15, 0.2) is 29.6 Å². The predicted molar refractivity (Wildman–Crippen MR) is 94.6 cm³/mol. The molecule has 1 aromatic carbocycles. The SMILES string of the molecule is CCOC(=O)C1CCCC2=C(N1)N(C)c1cccc(N)c1C2.Cl. The largest absolute Gasteiger partial charge is 0.464 e. The Morgan fingerprint density at radius 1 is 1.48 bits per heavy atom. The number of ether oxygens (including phenoxy) is 1. The lowest BCUT2D eigenvalue weighted by Gasteiger charge is -2.34. The second kappa shape index (κ2) is 7.13. The number of hydrogen-bond donors (Lipinski definition) is 2. The van der Waals surface area contributed by atoms with E-state index >= 15 is 0 Å². The van der Waals surface area contributed by atoms with E-state index in [9.17, 15) is 4.79 Å². The van der Waals surface area contributed by atoms with Crippen LogP contribution >= 0.6 is 12.4 Å². The molecule has 0 saturated heterocycles. The van der Waals surface area contributed by atoms with E-state index in [1.54, 1.807) is 0 Å². The van der Waals surface area contributed by atoms with Crippen molar-refractivity contribution in [2.24, 2.45) is 0 Å². The van der Waals surface area contributed by atoms with Gasteiger partial charge in [0.2, 0.25) is 0 Å². The molecular formula is C17H24ClN3O2. The molecule has 1 atom stereocenters. The summed E-state index contributed by atoms with van der Waals surface area (Å²) in [7, 11) is 2.02. The Hall–Kier alpha value is -1.88. The summed E-state index contributed by atoms with van der Waals surface area (Å²) in [6.07, 6.45) is 3.61. The van der Waals surface area contributed by atoms with Gasteiger partial charge < -0.3 is 20.7 Å². The van der Waals surface area contributed by atoms with Crippen LogP contribution in [0.1, 0.15) is 31.7 Å². The fourth-order valence-corrected chi connectivity index (χ4v) is 3.34. The molecule has 0 aliphatic carbocycles. The summed E-state index contributed by atoms with van der Waals surface area (Å²) in [5.41, 5.74) is 10.6. The normalized spacial score (nSPS) is 19.7. The highest BCUT2D eigenvalue weighted by molar-refractivity contribution is 5.85. The number of carbonyl (C=O) groups excluding carboxylic acids is 1. The van der Waals surface area contributed by atoms with Gasteiger partial charge >= 0.3 is 5.97 Å². The smallest absolute Gasteiger partial charge is 0.328 e.